The van der Waals surface area contributed by atoms with Gasteiger partial charge in [0, 0.05) is 44.9 Å². The molecule has 0 bridgehead atoms. The number of hydrogen-bond acceptors (Lipinski definition) is 4. The number of piperidine rings is 1. The standard InChI is InChI=1S/C21H27N3O2/c1-17-5-3-4-6-20(17)26-19-9-13-24(14-10-19)21(25)16-23(2)15-18-7-11-22-12-8-18/h3-8,11-12,19H,9-10,13-16H2,1-2H3. The number of aromatic nitrogens is 1. The van der Waals surface area contributed by atoms with E-state index in [1.807, 2.05) is 47.2 Å². The van der Waals surface area contributed by atoms with Crippen LogP contribution in [0.1, 0.15) is 24.0 Å². The van der Waals surface area contributed by atoms with Gasteiger partial charge in [0.1, 0.15) is 11.9 Å². The first kappa shape index (κ1) is 18.4. The molecule has 0 atom stereocenters. The summed E-state index contributed by atoms with van der Waals surface area (Å²) < 4.78 is 6.12. The number of aryl methyl sites for hydroxylation is 1. The van der Waals surface area contributed by atoms with E-state index in [-0.39, 0.29) is 12.0 Å². The minimum absolute atomic E-state index is 0.190. The van der Waals surface area contributed by atoms with Crippen LogP contribution in [0.5, 0.6) is 5.75 Å². The molecule has 5 nitrogen and oxygen atoms in total. The number of hydrogen-bond donors (Lipinski definition) is 0. The van der Waals surface area contributed by atoms with Crippen molar-refractivity contribution >= 4 is 5.91 Å². The first-order valence-electron chi connectivity index (χ1n) is 9.19. The maximum Gasteiger partial charge on any atom is 0.236 e. The molecule has 1 aliphatic rings. The number of rotatable bonds is 6. The number of ether oxygens (including phenoxy) is 1. The molecule has 0 unspecified atom stereocenters. The Morgan fingerprint density at radius 2 is 1.88 bits per heavy atom. The van der Waals surface area contributed by atoms with Crippen LogP contribution < -0.4 is 4.74 Å². The fourth-order valence-electron chi connectivity index (χ4n) is 3.28. The number of pyridine rings is 1. The van der Waals surface area contributed by atoms with Crippen molar-refractivity contribution in [2.24, 2.45) is 0 Å². The van der Waals surface area contributed by atoms with E-state index in [1.165, 1.54) is 5.56 Å². The van der Waals surface area contributed by atoms with Crippen molar-refractivity contribution in [1.82, 2.24) is 14.8 Å². The molecule has 1 amide bonds. The third-order valence-electron chi connectivity index (χ3n) is 4.79. The van der Waals surface area contributed by atoms with Gasteiger partial charge in [0.05, 0.1) is 6.54 Å². The number of carbonyl (C=O) groups excluding carboxylic acids is 1. The van der Waals surface area contributed by atoms with Crippen LogP contribution in [0.15, 0.2) is 48.8 Å². The van der Waals surface area contributed by atoms with Crippen LogP contribution in [-0.4, -0.2) is 53.5 Å². The van der Waals surface area contributed by atoms with Gasteiger partial charge < -0.3 is 9.64 Å². The molecule has 2 heterocycles. The molecule has 26 heavy (non-hydrogen) atoms. The van der Waals surface area contributed by atoms with Gasteiger partial charge in [-0.2, -0.15) is 0 Å². The van der Waals surface area contributed by atoms with Crippen molar-refractivity contribution in [2.45, 2.75) is 32.4 Å². The summed E-state index contributed by atoms with van der Waals surface area (Å²) in [5.41, 5.74) is 2.32. The number of para-hydroxylation sites is 1. The largest absolute Gasteiger partial charge is 0.490 e. The van der Waals surface area contributed by atoms with Crippen LogP contribution in [0.25, 0.3) is 0 Å². The molecule has 1 aromatic heterocycles. The van der Waals surface area contributed by atoms with E-state index in [2.05, 4.69) is 18.0 Å². The number of likely N-dealkylation sites (tertiary alicyclic amines) is 1. The summed E-state index contributed by atoms with van der Waals surface area (Å²) in [6.07, 6.45) is 5.52. The molecule has 1 aromatic carbocycles. The lowest BCUT2D eigenvalue weighted by Gasteiger charge is -2.33. The number of benzene rings is 1. The minimum atomic E-state index is 0.190. The van der Waals surface area contributed by atoms with E-state index >= 15 is 0 Å². The fraction of sp³-hybridized carbons (Fsp3) is 0.429. The molecule has 0 spiro atoms. The normalized spacial score (nSPS) is 15.3. The van der Waals surface area contributed by atoms with E-state index in [0.29, 0.717) is 6.54 Å². The summed E-state index contributed by atoms with van der Waals surface area (Å²) in [6.45, 7) is 4.77. The smallest absolute Gasteiger partial charge is 0.236 e. The van der Waals surface area contributed by atoms with Crippen LogP contribution >= 0.6 is 0 Å². The quantitative estimate of drug-likeness (QED) is 0.801. The Kier molecular flexibility index (Phi) is 6.23. The van der Waals surface area contributed by atoms with E-state index in [0.717, 1.165) is 43.8 Å². The lowest BCUT2D eigenvalue weighted by molar-refractivity contribution is -0.134. The number of amides is 1. The predicted octanol–water partition coefficient (Wildman–Crippen LogP) is 2.89. The Morgan fingerprint density at radius 1 is 1.19 bits per heavy atom. The third-order valence-corrected chi connectivity index (χ3v) is 4.79. The van der Waals surface area contributed by atoms with Gasteiger partial charge in [-0.3, -0.25) is 14.7 Å². The zero-order valence-electron chi connectivity index (χ0n) is 15.6. The van der Waals surface area contributed by atoms with Gasteiger partial charge >= 0.3 is 0 Å². The third kappa shape index (κ3) is 5.05. The Hall–Kier alpha value is -2.40. The van der Waals surface area contributed by atoms with E-state index in [4.69, 9.17) is 4.74 Å². The molecule has 2 aromatic rings. The van der Waals surface area contributed by atoms with Gasteiger partial charge in [-0.1, -0.05) is 18.2 Å². The van der Waals surface area contributed by atoms with Crippen molar-refractivity contribution in [3.8, 4) is 5.75 Å². The summed E-state index contributed by atoms with van der Waals surface area (Å²) in [6, 6.07) is 12.1. The molecule has 0 N–H and O–H groups in total. The lowest BCUT2D eigenvalue weighted by atomic mass is 10.1. The number of nitrogens with zero attached hydrogens (tertiary/aromatic N) is 3. The fourth-order valence-corrected chi connectivity index (χ4v) is 3.28. The summed E-state index contributed by atoms with van der Waals surface area (Å²) in [7, 11) is 1.98. The number of carbonyl (C=O) groups is 1. The summed E-state index contributed by atoms with van der Waals surface area (Å²) in [5, 5.41) is 0. The van der Waals surface area contributed by atoms with E-state index < -0.39 is 0 Å². The second-order valence-corrected chi connectivity index (χ2v) is 6.99. The molecule has 1 fully saturated rings. The highest BCUT2D eigenvalue weighted by atomic mass is 16.5. The Morgan fingerprint density at radius 3 is 2.58 bits per heavy atom. The van der Waals surface area contributed by atoms with Crippen LogP contribution in [0.3, 0.4) is 0 Å². The van der Waals surface area contributed by atoms with Gasteiger partial charge in [-0.15, -0.1) is 0 Å². The Balaban J connectivity index is 1.44. The first-order chi connectivity index (χ1) is 12.6. The number of likely N-dealkylation sites (N-methyl/N-ethyl adjacent to an activating group) is 1. The average Bonchev–Trinajstić information content (AvgIpc) is 2.65. The SMILES string of the molecule is Cc1ccccc1OC1CCN(C(=O)CN(C)Cc2ccncc2)CC1. The average molecular weight is 353 g/mol. The Bertz CT molecular complexity index is 712. The monoisotopic (exact) mass is 353 g/mol. The van der Waals surface area contributed by atoms with Crippen LogP contribution in [0.2, 0.25) is 0 Å². The summed E-state index contributed by atoms with van der Waals surface area (Å²) >= 11 is 0. The second-order valence-electron chi connectivity index (χ2n) is 6.99. The Labute approximate surface area is 155 Å². The van der Waals surface area contributed by atoms with Crippen LogP contribution in [0, 0.1) is 6.92 Å². The van der Waals surface area contributed by atoms with Crippen LogP contribution in [0.4, 0.5) is 0 Å². The van der Waals surface area contributed by atoms with Crippen molar-refractivity contribution in [3.05, 3.63) is 59.9 Å². The highest BCUT2D eigenvalue weighted by Crippen LogP contribution is 2.22. The highest BCUT2D eigenvalue weighted by molar-refractivity contribution is 5.78. The highest BCUT2D eigenvalue weighted by Gasteiger charge is 2.24. The van der Waals surface area contributed by atoms with Gasteiger partial charge in [-0.25, -0.2) is 0 Å². The maximum absolute atomic E-state index is 12.5. The predicted molar refractivity (Wildman–Crippen MR) is 102 cm³/mol. The summed E-state index contributed by atoms with van der Waals surface area (Å²) in [5.74, 6) is 1.14. The molecule has 1 aliphatic heterocycles. The molecule has 1 saturated heterocycles. The minimum Gasteiger partial charge on any atom is -0.490 e. The molecule has 3 rings (SSSR count). The lowest BCUT2D eigenvalue weighted by Crippen LogP contribution is -2.45. The van der Waals surface area contributed by atoms with Crippen molar-refractivity contribution in [1.29, 1.82) is 0 Å². The van der Waals surface area contributed by atoms with Gasteiger partial charge in [-0.05, 0) is 43.3 Å². The molecular formula is C21H27N3O2. The van der Waals surface area contributed by atoms with Crippen molar-refractivity contribution < 1.29 is 9.53 Å². The van der Waals surface area contributed by atoms with E-state index in [9.17, 15) is 4.79 Å². The first-order valence-corrected chi connectivity index (χ1v) is 9.19. The molecule has 0 aliphatic carbocycles. The van der Waals surface area contributed by atoms with Gasteiger partial charge in [0.15, 0.2) is 0 Å². The molecule has 138 valence electrons. The zero-order chi connectivity index (χ0) is 18.4. The molecule has 0 saturated carbocycles. The van der Waals surface area contributed by atoms with Gasteiger partial charge in [0.2, 0.25) is 5.91 Å². The van der Waals surface area contributed by atoms with Gasteiger partial charge in [0.25, 0.3) is 0 Å². The molecular weight excluding hydrogens is 326 g/mol. The molecule has 0 radical (unpaired) electrons. The van der Waals surface area contributed by atoms with E-state index in [1.54, 1.807) is 12.4 Å². The van der Waals surface area contributed by atoms with Crippen molar-refractivity contribution in [3.63, 3.8) is 0 Å². The van der Waals surface area contributed by atoms with Crippen LogP contribution in [-0.2, 0) is 11.3 Å². The second kappa shape index (κ2) is 8.81. The zero-order valence-corrected chi connectivity index (χ0v) is 15.6. The summed E-state index contributed by atoms with van der Waals surface area (Å²) in [4.78, 5) is 20.6. The topological polar surface area (TPSA) is 45.7 Å². The molecule has 5 heteroatoms. The van der Waals surface area contributed by atoms with Crippen molar-refractivity contribution in [2.75, 3.05) is 26.7 Å². The maximum atomic E-state index is 12.5.